The third-order valence-corrected chi connectivity index (χ3v) is 4.71. The van der Waals surface area contributed by atoms with Crippen molar-refractivity contribution in [3.8, 4) is 11.5 Å². The Balaban J connectivity index is 1.55. The lowest BCUT2D eigenvalue weighted by molar-refractivity contribution is -0.121. The molecule has 3 rings (SSSR count). The summed E-state index contributed by atoms with van der Waals surface area (Å²) in [6.07, 6.45) is 1.49. The number of aryl methyl sites for hydroxylation is 1. The van der Waals surface area contributed by atoms with E-state index in [1.807, 2.05) is 48.0 Å². The second-order valence-electron chi connectivity index (χ2n) is 5.60. The zero-order valence-electron chi connectivity index (χ0n) is 13.7. The van der Waals surface area contributed by atoms with E-state index in [-0.39, 0.29) is 11.9 Å². The van der Waals surface area contributed by atoms with Crippen molar-refractivity contribution in [3.63, 3.8) is 0 Å². The van der Waals surface area contributed by atoms with Crippen molar-refractivity contribution >= 4 is 28.8 Å². The number of nitrogens with one attached hydrogen (secondary N) is 1. The van der Waals surface area contributed by atoms with Crippen molar-refractivity contribution in [1.82, 2.24) is 15.5 Å². The molecule has 0 aliphatic heterocycles. The normalized spacial score (nSPS) is 12.1. The molecule has 2 aromatic heterocycles. The maximum atomic E-state index is 12.2. The third-order valence-electron chi connectivity index (χ3n) is 3.80. The van der Waals surface area contributed by atoms with Crippen LogP contribution in [0.25, 0.3) is 11.5 Å². The van der Waals surface area contributed by atoms with Crippen LogP contribution in [0.1, 0.15) is 37.3 Å². The fourth-order valence-corrected chi connectivity index (χ4v) is 3.32. The summed E-state index contributed by atoms with van der Waals surface area (Å²) in [5.41, 5.74) is 1.90. The number of halogens is 1. The van der Waals surface area contributed by atoms with Crippen LogP contribution in [0.5, 0.6) is 0 Å². The molecule has 1 unspecified atom stereocenters. The van der Waals surface area contributed by atoms with Gasteiger partial charge in [0.2, 0.25) is 17.7 Å². The molecule has 1 atom stereocenters. The summed E-state index contributed by atoms with van der Waals surface area (Å²) >= 11 is 7.60. The van der Waals surface area contributed by atoms with Gasteiger partial charge in [-0.2, -0.15) is 11.3 Å². The molecule has 0 fully saturated rings. The summed E-state index contributed by atoms with van der Waals surface area (Å²) in [5, 5.41) is 15.6. The maximum absolute atomic E-state index is 12.2. The van der Waals surface area contributed by atoms with Crippen molar-refractivity contribution in [2.45, 2.75) is 32.2 Å². The van der Waals surface area contributed by atoms with Gasteiger partial charge in [-0.25, -0.2) is 0 Å². The quantitative estimate of drug-likeness (QED) is 0.652. The molecule has 0 aliphatic rings. The molecule has 7 heteroatoms. The molecule has 1 N–H and O–H groups in total. The molecule has 3 aromatic rings. The van der Waals surface area contributed by atoms with E-state index in [9.17, 15) is 4.79 Å². The minimum atomic E-state index is -0.0600. The van der Waals surface area contributed by atoms with E-state index in [0.29, 0.717) is 29.6 Å². The van der Waals surface area contributed by atoms with E-state index in [4.69, 9.17) is 16.0 Å². The molecule has 0 saturated carbocycles. The lowest BCUT2D eigenvalue weighted by atomic mass is 10.0. The van der Waals surface area contributed by atoms with Gasteiger partial charge in [-0.15, -0.1) is 10.2 Å². The monoisotopic (exact) mass is 375 g/mol. The lowest BCUT2D eigenvalue weighted by Crippen LogP contribution is -2.28. The van der Waals surface area contributed by atoms with Crippen LogP contribution < -0.4 is 5.32 Å². The molecule has 0 radical (unpaired) electrons. The predicted molar refractivity (Wildman–Crippen MR) is 98.6 cm³/mol. The van der Waals surface area contributed by atoms with Crippen molar-refractivity contribution in [2.75, 3.05) is 0 Å². The maximum Gasteiger partial charge on any atom is 0.248 e. The first-order valence-corrected chi connectivity index (χ1v) is 9.37. The average molecular weight is 376 g/mol. The summed E-state index contributed by atoms with van der Waals surface area (Å²) < 4.78 is 5.60. The number of thiophene rings is 1. The summed E-state index contributed by atoms with van der Waals surface area (Å²) in [5.74, 6) is 0.899. The zero-order valence-corrected chi connectivity index (χ0v) is 15.3. The molecule has 0 bridgehead atoms. The number of hydrogen-bond acceptors (Lipinski definition) is 5. The van der Waals surface area contributed by atoms with Crippen molar-refractivity contribution in [3.05, 3.63) is 57.6 Å². The second-order valence-corrected chi connectivity index (χ2v) is 6.81. The van der Waals surface area contributed by atoms with Gasteiger partial charge in [0.15, 0.2) is 0 Å². The van der Waals surface area contributed by atoms with Crippen LogP contribution in [0.4, 0.5) is 0 Å². The van der Waals surface area contributed by atoms with Gasteiger partial charge >= 0.3 is 0 Å². The number of aromatic nitrogens is 2. The minimum absolute atomic E-state index is 0.0536. The highest BCUT2D eigenvalue weighted by Crippen LogP contribution is 2.22. The smallest absolute Gasteiger partial charge is 0.248 e. The number of nitrogens with zero attached hydrogens (tertiary/aromatic N) is 2. The standard InChI is InChI=1S/C18H18ClN3O2S/c1-2-15(12-4-3-5-14(19)10-12)20-16(23)6-7-17-21-22-18(24-17)13-8-9-25-11-13/h3-5,8-11,15H,2,6-7H2,1H3,(H,20,23). The molecule has 1 amide bonds. The summed E-state index contributed by atoms with van der Waals surface area (Å²) in [6.45, 7) is 2.02. The number of benzene rings is 1. The largest absolute Gasteiger partial charge is 0.421 e. The Hall–Kier alpha value is -2.18. The van der Waals surface area contributed by atoms with Gasteiger partial charge in [0.1, 0.15) is 0 Å². The Kier molecular flexibility index (Phi) is 5.83. The van der Waals surface area contributed by atoms with Gasteiger partial charge in [0.05, 0.1) is 6.04 Å². The topological polar surface area (TPSA) is 68.0 Å². The molecule has 5 nitrogen and oxygen atoms in total. The summed E-state index contributed by atoms with van der Waals surface area (Å²) in [4.78, 5) is 12.2. The van der Waals surface area contributed by atoms with Crippen LogP contribution in [0, 0.1) is 0 Å². The van der Waals surface area contributed by atoms with Gasteiger partial charge < -0.3 is 9.73 Å². The molecular weight excluding hydrogens is 358 g/mol. The highest BCUT2D eigenvalue weighted by atomic mass is 35.5. The number of hydrogen-bond donors (Lipinski definition) is 1. The van der Waals surface area contributed by atoms with Crippen LogP contribution in [0.2, 0.25) is 5.02 Å². The molecule has 2 heterocycles. The molecule has 1 aromatic carbocycles. The Morgan fingerprint density at radius 2 is 2.24 bits per heavy atom. The first kappa shape index (κ1) is 17.6. The summed E-state index contributed by atoms with van der Waals surface area (Å²) in [7, 11) is 0. The van der Waals surface area contributed by atoms with E-state index < -0.39 is 0 Å². The van der Waals surface area contributed by atoms with E-state index in [1.54, 1.807) is 11.3 Å². The van der Waals surface area contributed by atoms with Crippen LogP contribution in [-0.2, 0) is 11.2 Å². The highest BCUT2D eigenvalue weighted by molar-refractivity contribution is 7.08. The average Bonchev–Trinajstić information content (AvgIpc) is 3.29. The SMILES string of the molecule is CCC(NC(=O)CCc1nnc(-c2ccsc2)o1)c1cccc(Cl)c1. The van der Waals surface area contributed by atoms with Gasteiger partial charge in [0, 0.05) is 28.8 Å². The highest BCUT2D eigenvalue weighted by Gasteiger charge is 2.15. The second kappa shape index (κ2) is 8.27. The van der Waals surface area contributed by atoms with E-state index in [0.717, 1.165) is 17.5 Å². The van der Waals surface area contributed by atoms with E-state index in [1.165, 1.54) is 0 Å². The van der Waals surface area contributed by atoms with Gasteiger partial charge in [-0.3, -0.25) is 4.79 Å². The lowest BCUT2D eigenvalue weighted by Gasteiger charge is -2.17. The van der Waals surface area contributed by atoms with Crippen molar-refractivity contribution < 1.29 is 9.21 Å². The first-order chi connectivity index (χ1) is 12.2. The molecular formula is C18H18ClN3O2S. The van der Waals surface area contributed by atoms with Gasteiger partial charge in [-0.1, -0.05) is 30.7 Å². The minimum Gasteiger partial charge on any atom is -0.421 e. The Morgan fingerprint density at radius 3 is 2.96 bits per heavy atom. The van der Waals surface area contributed by atoms with Gasteiger partial charge in [-0.05, 0) is 35.6 Å². The van der Waals surface area contributed by atoms with Crippen LogP contribution in [0.15, 0.2) is 45.5 Å². The Morgan fingerprint density at radius 1 is 1.36 bits per heavy atom. The number of carbonyl (C=O) groups excluding carboxylic acids is 1. The van der Waals surface area contributed by atoms with Crippen LogP contribution in [-0.4, -0.2) is 16.1 Å². The third kappa shape index (κ3) is 4.67. The molecule has 130 valence electrons. The Labute approximate surface area is 155 Å². The molecule has 25 heavy (non-hydrogen) atoms. The zero-order chi connectivity index (χ0) is 17.6. The molecule has 0 saturated heterocycles. The number of rotatable bonds is 7. The van der Waals surface area contributed by atoms with Crippen molar-refractivity contribution in [2.24, 2.45) is 0 Å². The van der Waals surface area contributed by atoms with E-state index >= 15 is 0 Å². The Bertz CT molecular complexity index is 832. The summed E-state index contributed by atoms with van der Waals surface area (Å²) in [6, 6.07) is 9.41. The number of carbonyl (C=O) groups is 1. The molecule has 0 aliphatic carbocycles. The fraction of sp³-hybridized carbons (Fsp3) is 0.278. The van der Waals surface area contributed by atoms with Crippen LogP contribution in [0.3, 0.4) is 0 Å². The van der Waals surface area contributed by atoms with Crippen molar-refractivity contribution in [1.29, 1.82) is 0 Å². The fourth-order valence-electron chi connectivity index (χ4n) is 2.49. The first-order valence-electron chi connectivity index (χ1n) is 8.05. The van der Waals surface area contributed by atoms with E-state index in [2.05, 4.69) is 15.5 Å². The number of amides is 1. The van der Waals surface area contributed by atoms with Crippen LogP contribution >= 0.6 is 22.9 Å². The predicted octanol–water partition coefficient (Wildman–Crippen LogP) is 4.65. The van der Waals surface area contributed by atoms with Gasteiger partial charge in [0.25, 0.3) is 0 Å². The molecule has 0 spiro atoms.